The van der Waals surface area contributed by atoms with Gasteiger partial charge < -0.3 is 9.64 Å². The summed E-state index contributed by atoms with van der Waals surface area (Å²) in [6.45, 7) is 0.788. The van der Waals surface area contributed by atoms with Gasteiger partial charge in [-0.1, -0.05) is 46.3 Å². The van der Waals surface area contributed by atoms with Crippen LogP contribution in [0.4, 0.5) is 5.69 Å². The molecule has 0 fully saturated rings. The van der Waals surface area contributed by atoms with E-state index in [0.717, 1.165) is 27.7 Å². The molecule has 1 N–H and O–H groups in total. The summed E-state index contributed by atoms with van der Waals surface area (Å²) >= 11 is 3.46. The quantitative estimate of drug-likeness (QED) is 0.513. The maximum absolute atomic E-state index is 13.2. The van der Waals surface area contributed by atoms with E-state index in [1.807, 2.05) is 48.5 Å². The first-order chi connectivity index (χ1) is 15.4. The lowest BCUT2D eigenvalue weighted by Crippen LogP contribution is -2.30. The molecule has 0 saturated heterocycles. The van der Waals surface area contributed by atoms with Crippen molar-refractivity contribution in [2.45, 2.75) is 17.7 Å². The van der Waals surface area contributed by atoms with Crippen LogP contribution in [0.25, 0.3) is 0 Å². The number of hydrogen-bond donors (Lipinski definition) is 1. The van der Waals surface area contributed by atoms with Crippen LogP contribution in [0.2, 0.25) is 0 Å². The molecule has 1 heterocycles. The van der Waals surface area contributed by atoms with E-state index < -0.39 is 10.0 Å². The first-order valence-electron chi connectivity index (χ1n) is 10.2. The zero-order valence-corrected chi connectivity index (χ0v) is 19.9. The number of anilines is 1. The summed E-state index contributed by atoms with van der Waals surface area (Å²) in [5, 5.41) is 0. The molecule has 0 aromatic heterocycles. The van der Waals surface area contributed by atoms with Gasteiger partial charge in [-0.2, -0.15) is 0 Å². The van der Waals surface area contributed by atoms with Gasteiger partial charge in [-0.15, -0.1) is 0 Å². The maximum atomic E-state index is 13.2. The normalized spacial score (nSPS) is 13.1. The van der Waals surface area contributed by atoms with Gasteiger partial charge in [0.15, 0.2) is 0 Å². The van der Waals surface area contributed by atoms with Crippen LogP contribution < -0.4 is 14.4 Å². The Bertz CT molecular complexity index is 1250. The van der Waals surface area contributed by atoms with Crippen LogP contribution >= 0.6 is 15.9 Å². The van der Waals surface area contributed by atoms with Crippen LogP contribution in [-0.4, -0.2) is 34.5 Å². The van der Waals surface area contributed by atoms with Crippen LogP contribution in [0.3, 0.4) is 0 Å². The molecule has 0 radical (unpaired) electrons. The lowest BCUT2D eigenvalue weighted by atomic mass is 10.1. The summed E-state index contributed by atoms with van der Waals surface area (Å²) in [4.78, 5) is 14.9. The van der Waals surface area contributed by atoms with Crippen LogP contribution in [0.5, 0.6) is 5.75 Å². The maximum Gasteiger partial charge on any atom is 0.258 e. The van der Waals surface area contributed by atoms with Crippen molar-refractivity contribution >= 4 is 37.5 Å². The molecule has 0 spiro atoms. The predicted molar refractivity (Wildman–Crippen MR) is 128 cm³/mol. The van der Waals surface area contributed by atoms with Crippen molar-refractivity contribution in [1.82, 2.24) is 4.72 Å². The van der Waals surface area contributed by atoms with E-state index in [1.165, 1.54) is 19.2 Å². The first-order valence-corrected chi connectivity index (χ1v) is 12.5. The lowest BCUT2D eigenvalue weighted by Gasteiger charge is -2.19. The molecule has 0 bridgehead atoms. The molecule has 0 saturated carbocycles. The van der Waals surface area contributed by atoms with Gasteiger partial charge in [-0.25, -0.2) is 13.1 Å². The monoisotopic (exact) mass is 514 g/mol. The highest BCUT2D eigenvalue weighted by Gasteiger charge is 2.28. The minimum atomic E-state index is -3.87. The van der Waals surface area contributed by atoms with E-state index in [0.29, 0.717) is 18.5 Å². The Balaban J connectivity index is 1.57. The number of sulfonamides is 1. The zero-order valence-electron chi connectivity index (χ0n) is 17.5. The summed E-state index contributed by atoms with van der Waals surface area (Å²) < 4.78 is 34.9. The third-order valence-corrected chi connectivity index (χ3v) is 7.41. The van der Waals surface area contributed by atoms with Crippen molar-refractivity contribution < 1.29 is 17.9 Å². The van der Waals surface area contributed by atoms with Crippen molar-refractivity contribution in [1.29, 1.82) is 0 Å². The van der Waals surface area contributed by atoms with Gasteiger partial charge >= 0.3 is 0 Å². The molecular weight excluding hydrogens is 492 g/mol. The minimum Gasteiger partial charge on any atom is -0.495 e. The summed E-state index contributed by atoms with van der Waals surface area (Å²) in [6.07, 6.45) is 1.31. The number of benzene rings is 3. The summed E-state index contributed by atoms with van der Waals surface area (Å²) in [5.41, 5.74) is 3.26. The summed E-state index contributed by atoms with van der Waals surface area (Å²) in [5.74, 6) is -0.0472. The summed E-state index contributed by atoms with van der Waals surface area (Å²) in [6, 6.07) is 19.9. The number of carbonyl (C=O) groups is 1. The number of nitrogens with one attached hydrogen (secondary N) is 1. The predicted octanol–water partition coefficient (Wildman–Crippen LogP) is 4.18. The van der Waals surface area contributed by atoms with Crippen LogP contribution in [-0.2, 0) is 22.9 Å². The second-order valence-corrected chi connectivity index (χ2v) is 10.1. The van der Waals surface area contributed by atoms with E-state index in [9.17, 15) is 13.2 Å². The lowest BCUT2D eigenvalue weighted by molar-refractivity contribution is 0.0989. The molecule has 0 aliphatic carbocycles. The second-order valence-electron chi connectivity index (χ2n) is 7.48. The molecule has 6 nitrogen and oxygen atoms in total. The number of hydrogen-bond acceptors (Lipinski definition) is 4. The Morgan fingerprint density at radius 3 is 2.62 bits per heavy atom. The third kappa shape index (κ3) is 4.72. The number of ether oxygens (including phenoxy) is 1. The Labute approximate surface area is 196 Å². The van der Waals surface area contributed by atoms with Crippen LogP contribution in [0.15, 0.2) is 76.1 Å². The highest BCUT2D eigenvalue weighted by atomic mass is 79.9. The Hall–Kier alpha value is -2.68. The minimum absolute atomic E-state index is 0.0471. The molecule has 0 unspecified atom stereocenters. The van der Waals surface area contributed by atoms with Crippen molar-refractivity contribution in [3.63, 3.8) is 0 Å². The van der Waals surface area contributed by atoms with Crippen molar-refractivity contribution in [2.75, 3.05) is 25.1 Å². The highest BCUT2D eigenvalue weighted by Crippen LogP contribution is 2.33. The van der Waals surface area contributed by atoms with E-state index in [4.69, 9.17) is 4.74 Å². The molecule has 4 rings (SSSR count). The number of fused-ring (bicyclic) bond motifs is 1. The van der Waals surface area contributed by atoms with Crippen molar-refractivity contribution in [2.24, 2.45) is 0 Å². The first kappa shape index (κ1) is 22.5. The van der Waals surface area contributed by atoms with Gasteiger partial charge in [0, 0.05) is 28.8 Å². The fourth-order valence-electron chi connectivity index (χ4n) is 3.81. The largest absolute Gasteiger partial charge is 0.495 e. The zero-order chi connectivity index (χ0) is 22.7. The van der Waals surface area contributed by atoms with Crippen molar-refractivity contribution in [3.8, 4) is 5.75 Å². The number of nitrogens with zero attached hydrogens (tertiary/aromatic N) is 1. The topological polar surface area (TPSA) is 75.7 Å². The van der Waals surface area contributed by atoms with Gasteiger partial charge in [0.2, 0.25) is 10.0 Å². The van der Waals surface area contributed by atoms with Crippen molar-refractivity contribution in [3.05, 3.63) is 87.9 Å². The van der Waals surface area contributed by atoms with Gasteiger partial charge in [-0.3, -0.25) is 4.79 Å². The van der Waals surface area contributed by atoms with Gasteiger partial charge in [0.1, 0.15) is 10.6 Å². The molecule has 1 aliphatic rings. The van der Waals surface area contributed by atoms with E-state index >= 15 is 0 Å². The molecule has 32 heavy (non-hydrogen) atoms. The molecule has 3 aromatic carbocycles. The number of amides is 1. The molecule has 166 valence electrons. The number of carbonyl (C=O) groups excluding carboxylic acids is 1. The van der Waals surface area contributed by atoms with Crippen LogP contribution in [0, 0.1) is 0 Å². The Morgan fingerprint density at radius 2 is 1.88 bits per heavy atom. The van der Waals surface area contributed by atoms with Gasteiger partial charge in [0.05, 0.1) is 7.11 Å². The van der Waals surface area contributed by atoms with E-state index in [1.54, 1.807) is 11.0 Å². The van der Waals surface area contributed by atoms with Gasteiger partial charge in [0.25, 0.3) is 5.91 Å². The average molecular weight is 515 g/mol. The molecular formula is C24H23BrN2O4S. The SMILES string of the molecule is COc1ccc(C(=O)N2CCc3cc(Br)ccc32)cc1S(=O)(=O)NCCc1ccccc1. The number of methoxy groups -OCH3 is 1. The fraction of sp³-hybridized carbons (Fsp3) is 0.208. The molecule has 0 atom stereocenters. The fourth-order valence-corrected chi connectivity index (χ4v) is 5.44. The van der Waals surface area contributed by atoms with E-state index in [2.05, 4.69) is 20.7 Å². The summed E-state index contributed by atoms with van der Waals surface area (Å²) in [7, 11) is -2.46. The van der Waals surface area contributed by atoms with Crippen LogP contribution in [0.1, 0.15) is 21.5 Å². The third-order valence-electron chi connectivity index (χ3n) is 5.43. The Morgan fingerprint density at radius 1 is 1.09 bits per heavy atom. The molecule has 3 aromatic rings. The highest BCUT2D eigenvalue weighted by molar-refractivity contribution is 9.10. The Kier molecular flexibility index (Phi) is 6.64. The van der Waals surface area contributed by atoms with E-state index in [-0.39, 0.29) is 23.1 Å². The standard InChI is InChI=1S/C24H23BrN2O4S/c1-31-22-10-7-19(24(28)27-14-12-18-15-20(25)8-9-21(18)27)16-23(22)32(29,30)26-13-11-17-5-3-2-4-6-17/h2-10,15-16,26H,11-14H2,1H3. The average Bonchev–Trinajstić information content (AvgIpc) is 3.21. The molecule has 1 aliphatic heterocycles. The number of rotatable bonds is 7. The molecule has 1 amide bonds. The smallest absolute Gasteiger partial charge is 0.258 e. The van der Waals surface area contributed by atoms with Gasteiger partial charge in [-0.05, 0) is 60.4 Å². The second kappa shape index (κ2) is 9.44. The number of halogens is 1. The molecule has 8 heteroatoms.